The van der Waals surface area contributed by atoms with Crippen molar-refractivity contribution >= 4 is 10.8 Å². The van der Waals surface area contributed by atoms with Gasteiger partial charge in [0.15, 0.2) is 0 Å². The van der Waals surface area contributed by atoms with Gasteiger partial charge in [-0.1, -0.05) is 36.4 Å². The maximum atomic E-state index is 10.1. The molecule has 2 rings (SSSR count). The SMILES string of the molecule is CN(C)Cc1ccc2ccccc2c1O. The van der Waals surface area contributed by atoms with Crippen molar-refractivity contribution in [2.24, 2.45) is 0 Å². The van der Waals surface area contributed by atoms with Crippen molar-refractivity contribution in [2.75, 3.05) is 14.1 Å². The van der Waals surface area contributed by atoms with Crippen LogP contribution in [0.25, 0.3) is 10.8 Å². The van der Waals surface area contributed by atoms with Crippen LogP contribution in [0.15, 0.2) is 36.4 Å². The third-order valence-corrected chi connectivity index (χ3v) is 2.47. The lowest BCUT2D eigenvalue weighted by Gasteiger charge is -2.12. The molecule has 0 aliphatic heterocycles. The average molecular weight is 201 g/mol. The third-order valence-electron chi connectivity index (χ3n) is 2.47. The van der Waals surface area contributed by atoms with Crippen LogP contribution in [-0.2, 0) is 6.54 Å². The van der Waals surface area contributed by atoms with E-state index in [1.54, 1.807) is 0 Å². The monoisotopic (exact) mass is 201 g/mol. The highest BCUT2D eigenvalue weighted by Crippen LogP contribution is 2.28. The van der Waals surface area contributed by atoms with Gasteiger partial charge in [0, 0.05) is 17.5 Å². The fourth-order valence-corrected chi connectivity index (χ4v) is 1.77. The Balaban J connectivity index is 2.55. The van der Waals surface area contributed by atoms with Crippen LogP contribution < -0.4 is 0 Å². The predicted octanol–water partition coefficient (Wildman–Crippen LogP) is 2.61. The molecule has 2 nitrogen and oxygen atoms in total. The fourth-order valence-electron chi connectivity index (χ4n) is 1.77. The van der Waals surface area contributed by atoms with Crippen LogP contribution in [0.1, 0.15) is 5.56 Å². The molecule has 0 saturated carbocycles. The first-order valence-corrected chi connectivity index (χ1v) is 5.03. The number of hydrogen-bond donors (Lipinski definition) is 1. The lowest BCUT2D eigenvalue weighted by molar-refractivity contribution is 0.387. The molecule has 0 amide bonds. The quantitative estimate of drug-likeness (QED) is 0.807. The largest absolute Gasteiger partial charge is 0.507 e. The van der Waals surface area contributed by atoms with Crippen molar-refractivity contribution < 1.29 is 5.11 Å². The highest BCUT2D eigenvalue weighted by molar-refractivity contribution is 5.89. The normalized spacial score (nSPS) is 11.1. The zero-order chi connectivity index (χ0) is 10.8. The number of hydrogen-bond acceptors (Lipinski definition) is 2. The topological polar surface area (TPSA) is 23.5 Å². The Morgan fingerprint density at radius 2 is 1.80 bits per heavy atom. The Morgan fingerprint density at radius 1 is 1.07 bits per heavy atom. The fraction of sp³-hybridized carbons (Fsp3) is 0.231. The molecule has 0 atom stereocenters. The van der Waals surface area contributed by atoms with Gasteiger partial charge in [-0.25, -0.2) is 0 Å². The lowest BCUT2D eigenvalue weighted by Crippen LogP contribution is -2.10. The van der Waals surface area contributed by atoms with Crippen molar-refractivity contribution in [3.05, 3.63) is 42.0 Å². The lowest BCUT2D eigenvalue weighted by atomic mass is 10.1. The Hall–Kier alpha value is -1.54. The van der Waals surface area contributed by atoms with E-state index >= 15 is 0 Å². The number of nitrogens with zero attached hydrogens (tertiary/aromatic N) is 1. The second-order valence-electron chi connectivity index (χ2n) is 4.03. The van der Waals surface area contributed by atoms with E-state index in [9.17, 15) is 5.11 Å². The van der Waals surface area contributed by atoms with Gasteiger partial charge in [-0.2, -0.15) is 0 Å². The maximum absolute atomic E-state index is 10.1. The Bertz CT molecular complexity index is 477. The molecule has 0 heterocycles. The van der Waals surface area contributed by atoms with Gasteiger partial charge in [-0.05, 0) is 19.5 Å². The number of rotatable bonds is 2. The molecule has 15 heavy (non-hydrogen) atoms. The summed E-state index contributed by atoms with van der Waals surface area (Å²) in [6.45, 7) is 0.761. The van der Waals surface area contributed by atoms with Crippen LogP contribution in [0.4, 0.5) is 0 Å². The van der Waals surface area contributed by atoms with Gasteiger partial charge in [0.25, 0.3) is 0 Å². The first kappa shape index (κ1) is 9.99. The van der Waals surface area contributed by atoms with Crippen molar-refractivity contribution in [2.45, 2.75) is 6.54 Å². The van der Waals surface area contributed by atoms with E-state index in [1.807, 2.05) is 55.4 Å². The molecule has 0 aliphatic carbocycles. The maximum Gasteiger partial charge on any atom is 0.127 e. The molecular weight excluding hydrogens is 186 g/mol. The second-order valence-corrected chi connectivity index (χ2v) is 4.03. The van der Waals surface area contributed by atoms with Crippen LogP contribution in [0.3, 0.4) is 0 Å². The summed E-state index contributed by atoms with van der Waals surface area (Å²) in [7, 11) is 3.99. The molecule has 0 spiro atoms. The predicted molar refractivity (Wildman–Crippen MR) is 63.0 cm³/mol. The van der Waals surface area contributed by atoms with E-state index in [0.29, 0.717) is 5.75 Å². The Labute approximate surface area is 89.8 Å². The summed E-state index contributed by atoms with van der Waals surface area (Å²) >= 11 is 0. The summed E-state index contributed by atoms with van der Waals surface area (Å²) in [6.07, 6.45) is 0. The summed E-state index contributed by atoms with van der Waals surface area (Å²) in [5.41, 5.74) is 0.971. The summed E-state index contributed by atoms with van der Waals surface area (Å²) in [5.74, 6) is 0.404. The van der Waals surface area contributed by atoms with Crippen molar-refractivity contribution in [1.29, 1.82) is 0 Å². The standard InChI is InChI=1S/C13H15NO/c1-14(2)9-11-8-7-10-5-3-4-6-12(10)13(11)15/h3-8,15H,9H2,1-2H3. The first-order chi connectivity index (χ1) is 7.18. The van der Waals surface area contributed by atoms with E-state index in [-0.39, 0.29) is 0 Å². The van der Waals surface area contributed by atoms with E-state index in [1.165, 1.54) is 0 Å². The first-order valence-electron chi connectivity index (χ1n) is 5.03. The molecular formula is C13H15NO. The van der Waals surface area contributed by atoms with Crippen molar-refractivity contribution in [1.82, 2.24) is 4.90 Å². The summed E-state index contributed by atoms with van der Waals surface area (Å²) < 4.78 is 0. The van der Waals surface area contributed by atoms with E-state index < -0.39 is 0 Å². The minimum Gasteiger partial charge on any atom is -0.507 e. The summed E-state index contributed by atoms with van der Waals surface area (Å²) in [4.78, 5) is 2.05. The summed E-state index contributed by atoms with van der Waals surface area (Å²) in [6, 6.07) is 11.9. The van der Waals surface area contributed by atoms with Gasteiger partial charge in [-0.15, -0.1) is 0 Å². The van der Waals surface area contributed by atoms with Gasteiger partial charge in [0.1, 0.15) is 5.75 Å². The van der Waals surface area contributed by atoms with Crippen molar-refractivity contribution in [3.63, 3.8) is 0 Å². The molecule has 0 aromatic heterocycles. The molecule has 0 fully saturated rings. The number of aromatic hydroxyl groups is 1. The molecule has 0 radical (unpaired) electrons. The smallest absolute Gasteiger partial charge is 0.127 e. The van der Waals surface area contributed by atoms with Gasteiger partial charge in [0.05, 0.1) is 0 Å². The molecule has 2 aromatic carbocycles. The number of phenolic OH excluding ortho intramolecular Hbond substituents is 1. The average Bonchev–Trinajstić information content (AvgIpc) is 2.22. The van der Waals surface area contributed by atoms with Crippen molar-refractivity contribution in [3.8, 4) is 5.75 Å². The highest BCUT2D eigenvalue weighted by Gasteiger charge is 2.06. The zero-order valence-electron chi connectivity index (χ0n) is 9.07. The van der Waals surface area contributed by atoms with Crippen LogP contribution in [0.2, 0.25) is 0 Å². The third kappa shape index (κ3) is 1.95. The van der Waals surface area contributed by atoms with Gasteiger partial charge in [0.2, 0.25) is 0 Å². The Morgan fingerprint density at radius 3 is 2.53 bits per heavy atom. The van der Waals surface area contributed by atoms with E-state index in [4.69, 9.17) is 0 Å². The summed E-state index contributed by atoms with van der Waals surface area (Å²) in [5, 5.41) is 12.1. The molecule has 0 saturated heterocycles. The molecule has 0 aliphatic rings. The van der Waals surface area contributed by atoms with Crippen LogP contribution in [-0.4, -0.2) is 24.1 Å². The molecule has 0 bridgehead atoms. The van der Waals surface area contributed by atoms with Gasteiger partial charge < -0.3 is 10.0 Å². The molecule has 1 N–H and O–H groups in total. The molecule has 78 valence electrons. The van der Waals surface area contributed by atoms with Gasteiger partial charge >= 0.3 is 0 Å². The second kappa shape index (κ2) is 3.91. The molecule has 0 unspecified atom stereocenters. The number of benzene rings is 2. The minimum absolute atomic E-state index is 0.404. The van der Waals surface area contributed by atoms with Crippen LogP contribution in [0.5, 0.6) is 5.75 Å². The zero-order valence-corrected chi connectivity index (χ0v) is 9.07. The van der Waals surface area contributed by atoms with E-state index in [0.717, 1.165) is 22.9 Å². The Kier molecular flexibility index (Phi) is 2.60. The molecule has 2 aromatic rings. The number of fused-ring (bicyclic) bond motifs is 1. The van der Waals surface area contributed by atoms with Crippen LogP contribution >= 0.6 is 0 Å². The number of phenols is 1. The molecule has 2 heteroatoms. The minimum atomic E-state index is 0.404. The highest BCUT2D eigenvalue weighted by atomic mass is 16.3. The van der Waals surface area contributed by atoms with Gasteiger partial charge in [-0.3, -0.25) is 0 Å². The van der Waals surface area contributed by atoms with E-state index in [2.05, 4.69) is 0 Å². The van der Waals surface area contributed by atoms with Crippen LogP contribution in [0, 0.1) is 0 Å².